The highest BCUT2D eigenvalue weighted by molar-refractivity contribution is 7.07. The van der Waals surface area contributed by atoms with Crippen molar-refractivity contribution in [3.8, 4) is 0 Å². The third kappa shape index (κ3) is 2.85. The van der Waals surface area contributed by atoms with E-state index in [2.05, 4.69) is 27.0 Å². The SMILES string of the molecule is O=C(O)c1nnc2ccccc2c1NCCc1ccsc1. The van der Waals surface area contributed by atoms with Crippen LogP contribution in [0.1, 0.15) is 16.1 Å². The van der Waals surface area contributed by atoms with Crippen molar-refractivity contribution in [1.29, 1.82) is 0 Å². The number of aromatic carboxylic acids is 1. The molecule has 0 aliphatic carbocycles. The summed E-state index contributed by atoms with van der Waals surface area (Å²) in [7, 11) is 0. The summed E-state index contributed by atoms with van der Waals surface area (Å²) in [5.74, 6) is -1.08. The Morgan fingerprint density at radius 2 is 2.10 bits per heavy atom. The summed E-state index contributed by atoms with van der Waals surface area (Å²) < 4.78 is 0. The number of aromatic nitrogens is 2. The van der Waals surface area contributed by atoms with E-state index >= 15 is 0 Å². The molecule has 0 aliphatic heterocycles. The van der Waals surface area contributed by atoms with Crippen molar-refractivity contribution in [1.82, 2.24) is 10.2 Å². The number of hydrogen-bond donors (Lipinski definition) is 2. The molecule has 0 amide bonds. The van der Waals surface area contributed by atoms with Gasteiger partial charge in [0.2, 0.25) is 0 Å². The minimum absolute atomic E-state index is 0.0426. The van der Waals surface area contributed by atoms with Gasteiger partial charge in [-0.2, -0.15) is 11.3 Å². The number of nitrogens with zero attached hydrogens (tertiary/aromatic N) is 2. The molecule has 0 saturated carbocycles. The third-order valence-electron chi connectivity index (χ3n) is 3.17. The van der Waals surface area contributed by atoms with Gasteiger partial charge in [0.1, 0.15) is 0 Å². The first-order valence-corrected chi connectivity index (χ1v) is 7.43. The molecule has 106 valence electrons. The van der Waals surface area contributed by atoms with Crippen LogP contribution in [0, 0.1) is 0 Å². The quantitative estimate of drug-likeness (QED) is 0.757. The Hall–Kier alpha value is -2.47. The van der Waals surface area contributed by atoms with Crippen molar-refractivity contribution < 1.29 is 9.90 Å². The fourth-order valence-electron chi connectivity index (χ4n) is 2.15. The van der Waals surface area contributed by atoms with Gasteiger partial charge in [-0.05, 0) is 34.9 Å². The van der Waals surface area contributed by atoms with E-state index in [-0.39, 0.29) is 5.69 Å². The molecule has 3 aromatic rings. The molecule has 0 bridgehead atoms. The fraction of sp³-hybridized carbons (Fsp3) is 0.133. The van der Waals surface area contributed by atoms with E-state index in [4.69, 9.17) is 0 Å². The van der Waals surface area contributed by atoms with Gasteiger partial charge in [-0.1, -0.05) is 18.2 Å². The van der Waals surface area contributed by atoms with Crippen molar-refractivity contribution in [3.63, 3.8) is 0 Å². The number of carboxylic acid groups (broad SMARTS) is 1. The van der Waals surface area contributed by atoms with E-state index in [0.717, 1.165) is 11.8 Å². The van der Waals surface area contributed by atoms with Gasteiger partial charge in [-0.15, -0.1) is 10.2 Å². The second-order valence-corrected chi connectivity index (χ2v) is 5.33. The van der Waals surface area contributed by atoms with Crippen LogP contribution < -0.4 is 5.32 Å². The number of anilines is 1. The number of nitrogens with one attached hydrogen (secondary N) is 1. The second kappa shape index (κ2) is 5.88. The number of benzene rings is 1. The van der Waals surface area contributed by atoms with Crippen LogP contribution in [0.4, 0.5) is 5.69 Å². The van der Waals surface area contributed by atoms with Crippen molar-refractivity contribution in [2.75, 3.05) is 11.9 Å². The summed E-state index contributed by atoms with van der Waals surface area (Å²) in [5, 5.41) is 25.1. The van der Waals surface area contributed by atoms with Gasteiger partial charge in [0.15, 0.2) is 5.69 Å². The monoisotopic (exact) mass is 299 g/mol. The summed E-state index contributed by atoms with van der Waals surface area (Å²) in [6, 6.07) is 9.45. The lowest BCUT2D eigenvalue weighted by atomic mass is 10.1. The Morgan fingerprint density at radius 1 is 1.24 bits per heavy atom. The summed E-state index contributed by atoms with van der Waals surface area (Å²) in [6.07, 6.45) is 0.833. The van der Waals surface area contributed by atoms with Crippen LogP contribution >= 0.6 is 11.3 Å². The van der Waals surface area contributed by atoms with Gasteiger partial charge < -0.3 is 10.4 Å². The molecule has 0 atom stereocenters. The highest BCUT2D eigenvalue weighted by atomic mass is 32.1. The van der Waals surface area contributed by atoms with Crippen LogP contribution in [0.5, 0.6) is 0 Å². The third-order valence-corrected chi connectivity index (χ3v) is 3.90. The lowest BCUT2D eigenvalue weighted by molar-refractivity contribution is 0.0690. The smallest absolute Gasteiger partial charge is 0.358 e. The molecule has 0 spiro atoms. The first kappa shape index (κ1) is 13.5. The zero-order valence-electron chi connectivity index (χ0n) is 11.1. The molecule has 0 unspecified atom stereocenters. The topological polar surface area (TPSA) is 75.1 Å². The van der Waals surface area contributed by atoms with Gasteiger partial charge in [0.05, 0.1) is 11.2 Å². The lowest BCUT2D eigenvalue weighted by Gasteiger charge is -2.11. The van der Waals surface area contributed by atoms with Gasteiger partial charge in [-0.3, -0.25) is 0 Å². The fourth-order valence-corrected chi connectivity index (χ4v) is 2.85. The van der Waals surface area contributed by atoms with E-state index in [0.29, 0.717) is 17.7 Å². The minimum Gasteiger partial charge on any atom is -0.476 e. The van der Waals surface area contributed by atoms with Crippen molar-refractivity contribution in [3.05, 3.63) is 52.3 Å². The Morgan fingerprint density at radius 3 is 2.86 bits per heavy atom. The van der Waals surface area contributed by atoms with Crippen molar-refractivity contribution >= 4 is 33.9 Å². The zero-order valence-corrected chi connectivity index (χ0v) is 11.9. The molecule has 3 rings (SSSR count). The van der Waals surface area contributed by atoms with Crippen molar-refractivity contribution in [2.24, 2.45) is 0 Å². The van der Waals surface area contributed by atoms with Crippen molar-refractivity contribution in [2.45, 2.75) is 6.42 Å². The summed E-state index contributed by atoms with van der Waals surface area (Å²) in [5.41, 5.74) is 2.40. The Labute approximate surface area is 125 Å². The lowest BCUT2D eigenvalue weighted by Crippen LogP contribution is -2.12. The molecular weight excluding hydrogens is 286 g/mol. The molecule has 0 aliphatic rings. The predicted molar refractivity (Wildman–Crippen MR) is 83.0 cm³/mol. The Bertz CT molecular complexity index is 772. The van der Waals surface area contributed by atoms with Crippen LogP contribution in [0.25, 0.3) is 10.9 Å². The van der Waals surface area contributed by atoms with Crippen LogP contribution in [0.15, 0.2) is 41.1 Å². The van der Waals surface area contributed by atoms with E-state index < -0.39 is 5.97 Å². The standard InChI is InChI=1S/C15H13N3O2S/c19-15(20)14-13(16-7-5-10-6-8-21-9-10)11-3-1-2-4-12(11)17-18-14/h1-4,6,8-9H,5,7H2,(H,16,17)(H,19,20). The molecule has 2 heterocycles. The summed E-state index contributed by atoms with van der Waals surface area (Å²) in [6.45, 7) is 0.646. The number of thiophene rings is 1. The maximum atomic E-state index is 11.3. The minimum atomic E-state index is -1.08. The molecule has 0 radical (unpaired) electrons. The predicted octanol–water partition coefficient (Wildman–Crippen LogP) is 3.04. The number of fused-ring (bicyclic) bond motifs is 1. The number of carbonyl (C=O) groups is 1. The molecule has 5 nitrogen and oxygen atoms in total. The van der Waals surface area contributed by atoms with Crippen LogP contribution in [-0.2, 0) is 6.42 Å². The zero-order chi connectivity index (χ0) is 14.7. The highest BCUT2D eigenvalue weighted by Crippen LogP contribution is 2.24. The van der Waals surface area contributed by atoms with Gasteiger partial charge in [0.25, 0.3) is 0 Å². The molecule has 0 fully saturated rings. The Kier molecular flexibility index (Phi) is 3.79. The van der Waals surface area contributed by atoms with Crippen LogP contribution in [0.2, 0.25) is 0 Å². The van der Waals surface area contributed by atoms with Crippen LogP contribution in [0.3, 0.4) is 0 Å². The Balaban J connectivity index is 1.90. The van der Waals surface area contributed by atoms with Crippen LogP contribution in [-0.4, -0.2) is 27.8 Å². The number of rotatable bonds is 5. The summed E-state index contributed by atoms with van der Waals surface area (Å²) in [4.78, 5) is 11.3. The van der Waals surface area contributed by atoms with E-state index in [1.807, 2.05) is 29.6 Å². The molecule has 0 saturated heterocycles. The average molecular weight is 299 g/mol. The van der Waals surface area contributed by atoms with E-state index in [1.165, 1.54) is 5.56 Å². The molecule has 6 heteroatoms. The largest absolute Gasteiger partial charge is 0.476 e. The maximum Gasteiger partial charge on any atom is 0.358 e. The second-order valence-electron chi connectivity index (χ2n) is 4.55. The highest BCUT2D eigenvalue weighted by Gasteiger charge is 2.16. The van der Waals surface area contributed by atoms with E-state index in [1.54, 1.807) is 11.3 Å². The molecule has 1 aromatic carbocycles. The molecule has 2 N–H and O–H groups in total. The first-order chi connectivity index (χ1) is 10.3. The van der Waals surface area contributed by atoms with E-state index in [9.17, 15) is 9.90 Å². The normalized spacial score (nSPS) is 10.7. The van der Waals surface area contributed by atoms with Gasteiger partial charge in [-0.25, -0.2) is 4.79 Å². The molecule has 2 aromatic heterocycles. The maximum absolute atomic E-state index is 11.3. The number of hydrogen-bond acceptors (Lipinski definition) is 5. The van der Waals surface area contributed by atoms with Gasteiger partial charge in [0, 0.05) is 11.9 Å². The average Bonchev–Trinajstić information content (AvgIpc) is 3.00. The summed E-state index contributed by atoms with van der Waals surface area (Å²) >= 11 is 1.65. The molecular formula is C15H13N3O2S. The van der Waals surface area contributed by atoms with Gasteiger partial charge >= 0.3 is 5.97 Å². The number of carboxylic acids is 1. The first-order valence-electron chi connectivity index (χ1n) is 6.49. The molecule has 21 heavy (non-hydrogen) atoms.